The van der Waals surface area contributed by atoms with Crippen LogP contribution in [0.1, 0.15) is 47.5 Å². The number of ether oxygens (including phenoxy) is 2. The van der Waals surface area contributed by atoms with Gasteiger partial charge in [-0.2, -0.15) is 0 Å². The van der Waals surface area contributed by atoms with E-state index in [0.29, 0.717) is 0 Å². The molecule has 0 aliphatic heterocycles. The minimum Gasteiger partial charge on any atom is -0.460 e. The highest BCUT2D eigenvalue weighted by atomic mass is 16.6. The molecule has 130 valence electrons. The fourth-order valence-electron chi connectivity index (χ4n) is 2.44. The van der Waals surface area contributed by atoms with Gasteiger partial charge in [-0.15, -0.1) is 0 Å². The maximum atomic E-state index is 12.1. The van der Waals surface area contributed by atoms with Crippen LogP contribution in [0.25, 0.3) is 0 Å². The molecule has 0 radical (unpaired) electrons. The van der Waals surface area contributed by atoms with Gasteiger partial charge in [0.2, 0.25) is 5.91 Å². The Balaban J connectivity index is 5.14. The summed E-state index contributed by atoms with van der Waals surface area (Å²) in [5, 5.41) is 0. The van der Waals surface area contributed by atoms with Gasteiger partial charge in [0.25, 0.3) is 0 Å². The Morgan fingerprint density at radius 1 is 1.27 bits per heavy atom. The van der Waals surface area contributed by atoms with E-state index in [1.54, 1.807) is 19.1 Å². The van der Waals surface area contributed by atoms with Gasteiger partial charge in [0.1, 0.15) is 5.60 Å². The minimum absolute atomic E-state index is 0.0632. The molecule has 2 N–H and O–H groups in total. The normalized spacial score (nSPS) is 15.8. The monoisotopic (exact) mass is 316 g/mol. The largest absolute Gasteiger partial charge is 0.460 e. The molecule has 2 unspecified atom stereocenters. The van der Waals surface area contributed by atoms with Crippen molar-refractivity contribution < 1.29 is 19.1 Å². The molecule has 3 atom stereocenters. The van der Waals surface area contributed by atoms with E-state index in [0.717, 1.165) is 6.42 Å². The van der Waals surface area contributed by atoms with Crippen molar-refractivity contribution in [1.29, 1.82) is 0 Å². The first kappa shape index (κ1) is 20.9. The van der Waals surface area contributed by atoms with Crippen molar-refractivity contribution in [2.24, 2.45) is 11.7 Å². The van der Waals surface area contributed by atoms with Crippen LogP contribution in [0.15, 0.2) is 0 Å². The van der Waals surface area contributed by atoms with E-state index >= 15 is 0 Å². The van der Waals surface area contributed by atoms with Crippen LogP contribution in [0.2, 0.25) is 0 Å². The first-order chi connectivity index (χ1) is 10.1. The van der Waals surface area contributed by atoms with Gasteiger partial charge in [0.05, 0.1) is 25.1 Å². The van der Waals surface area contributed by atoms with Gasteiger partial charge >= 0.3 is 5.97 Å². The molecule has 0 saturated carbocycles. The fraction of sp³-hybridized carbons (Fsp3) is 0.875. The van der Waals surface area contributed by atoms with Crippen molar-refractivity contribution in [3.8, 4) is 0 Å². The number of carbonyl (C=O) groups excluding carboxylic acids is 2. The molecule has 22 heavy (non-hydrogen) atoms. The van der Waals surface area contributed by atoms with Crippen LogP contribution < -0.4 is 5.73 Å². The van der Waals surface area contributed by atoms with Gasteiger partial charge in [0, 0.05) is 14.2 Å². The number of amides is 1. The molecular formula is C16H32N2O4. The Labute approximate surface area is 134 Å². The Morgan fingerprint density at radius 3 is 2.18 bits per heavy atom. The number of rotatable bonds is 8. The lowest BCUT2D eigenvalue weighted by Crippen LogP contribution is -2.51. The van der Waals surface area contributed by atoms with E-state index in [1.165, 1.54) is 0 Å². The van der Waals surface area contributed by atoms with E-state index in [1.807, 2.05) is 34.6 Å². The van der Waals surface area contributed by atoms with Crippen molar-refractivity contribution in [3.63, 3.8) is 0 Å². The van der Waals surface area contributed by atoms with Crippen molar-refractivity contribution in [2.75, 3.05) is 20.7 Å². The second-order valence-electron chi connectivity index (χ2n) is 6.65. The molecule has 0 bridgehead atoms. The molecule has 0 heterocycles. The summed E-state index contributed by atoms with van der Waals surface area (Å²) in [6.45, 7) is 9.48. The van der Waals surface area contributed by atoms with Crippen molar-refractivity contribution in [1.82, 2.24) is 4.90 Å². The van der Waals surface area contributed by atoms with E-state index < -0.39 is 11.7 Å². The predicted molar refractivity (Wildman–Crippen MR) is 86.3 cm³/mol. The van der Waals surface area contributed by atoms with Crippen LogP contribution in [0.4, 0.5) is 0 Å². The average molecular weight is 316 g/mol. The van der Waals surface area contributed by atoms with E-state index in [-0.39, 0.29) is 36.8 Å². The zero-order chi connectivity index (χ0) is 17.5. The van der Waals surface area contributed by atoms with Gasteiger partial charge in [-0.25, -0.2) is 0 Å². The third kappa shape index (κ3) is 6.75. The summed E-state index contributed by atoms with van der Waals surface area (Å²) >= 11 is 0. The molecule has 0 fully saturated rings. The summed E-state index contributed by atoms with van der Waals surface area (Å²) in [6, 6.07) is -0.224. The van der Waals surface area contributed by atoms with E-state index in [2.05, 4.69) is 0 Å². The zero-order valence-electron chi connectivity index (χ0n) is 15.0. The molecule has 0 aromatic carbocycles. The Hall–Kier alpha value is -1.14. The second-order valence-corrected chi connectivity index (χ2v) is 6.65. The van der Waals surface area contributed by atoms with Crippen LogP contribution in [-0.2, 0) is 19.1 Å². The van der Waals surface area contributed by atoms with Crippen LogP contribution in [0, 0.1) is 5.92 Å². The molecule has 0 aromatic heterocycles. The topological polar surface area (TPSA) is 81.9 Å². The third-order valence-electron chi connectivity index (χ3n) is 3.71. The molecule has 1 amide bonds. The first-order valence-corrected chi connectivity index (χ1v) is 7.77. The van der Waals surface area contributed by atoms with Gasteiger partial charge in [0.15, 0.2) is 0 Å². The molecule has 0 saturated heterocycles. The summed E-state index contributed by atoms with van der Waals surface area (Å²) in [5.41, 5.74) is 4.91. The van der Waals surface area contributed by atoms with Gasteiger partial charge in [-0.3, -0.25) is 9.59 Å². The summed E-state index contributed by atoms with van der Waals surface area (Å²) in [4.78, 5) is 25.6. The van der Waals surface area contributed by atoms with Gasteiger partial charge in [-0.1, -0.05) is 20.3 Å². The molecule has 0 rings (SSSR count). The highest BCUT2D eigenvalue weighted by Gasteiger charge is 2.34. The Bertz CT molecular complexity index is 366. The smallest absolute Gasteiger partial charge is 0.309 e. The number of esters is 1. The van der Waals surface area contributed by atoms with Crippen LogP contribution in [0.5, 0.6) is 0 Å². The van der Waals surface area contributed by atoms with Crippen molar-refractivity contribution in [3.05, 3.63) is 0 Å². The quantitative estimate of drug-likeness (QED) is 0.687. The highest BCUT2D eigenvalue weighted by Crippen LogP contribution is 2.22. The number of nitrogens with zero attached hydrogens (tertiary/aromatic N) is 1. The first-order valence-electron chi connectivity index (χ1n) is 7.77. The van der Waals surface area contributed by atoms with Crippen LogP contribution >= 0.6 is 0 Å². The van der Waals surface area contributed by atoms with Crippen molar-refractivity contribution in [2.45, 2.75) is 65.2 Å². The van der Waals surface area contributed by atoms with Gasteiger partial charge < -0.3 is 20.1 Å². The number of likely N-dealkylation sites (N-methyl/N-ethyl adjacent to an activating group) is 1. The van der Waals surface area contributed by atoms with Crippen molar-refractivity contribution >= 4 is 11.9 Å². The lowest BCUT2D eigenvalue weighted by molar-refractivity contribution is -0.160. The van der Waals surface area contributed by atoms with Crippen LogP contribution in [0.3, 0.4) is 0 Å². The maximum absolute atomic E-state index is 12.1. The second kappa shape index (κ2) is 9.10. The Morgan fingerprint density at radius 2 is 1.82 bits per heavy atom. The summed E-state index contributed by atoms with van der Waals surface area (Å²) in [5.74, 6) is -0.328. The van der Waals surface area contributed by atoms with Crippen LogP contribution in [-0.4, -0.2) is 55.2 Å². The fourth-order valence-corrected chi connectivity index (χ4v) is 2.44. The van der Waals surface area contributed by atoms with E-state index in [9.17, 15) is 9.59 Å². The summed E-state index contributed by atoms with van der Waals surface area (Å²) < 4.78 is 10.9. The Kier molecular flexibility index (Phi) is 8.63. The summed E-state index contributed by atoms with van der Waals surface area (Å²) in [6.07, 6.45) is 0.539. The van der Waals surface area contributed by atoms with E-state index in [4.69, 9.17) is 15.2 Å². The third-order valence-corrected chi connectivity index (χ3v) is 3.71. The van der Waals surface area contributed by atoms with Gasteiger partial charge in [-0.05, 0) is 26.7 Å². The molecule has 6 heteroatoms. The number of hydrogen-bond acceptors (Lipinski definition) is 5. The molecule has 6 nitrogen and oxygen atoms in total. The average Bonchev–Trinajstić information content (AvgIpc) is 2.42. The standard InChI is InChI=1S/C16H32N2O4/c1-8-11(2)15(18(6)13(19)10-17)12(21-7)9-14(20)22-16(3,4)5/h11-12,15H,8-10,17H2,1-7H3/t11?,12-,15?/m1/s1. The molecule has 0 aliphatic carbocycles. The predicted octanol–water partition coefficient (Wildman–Crippen LogP) is 1.57. The maximum Gasteiger partial charge on any atom is 0.309 e. The highest BCUT2D eigenvalue weighted by molar-refractivity contribution is 5.78. The lowest BCUT2D eigenvalue weighted by Gasteiger charge is -2.37. The lowest BCUT2D eigenvalue weighted by atomic mass is 9.91. The number of nitrogens with two attached hydrogens (primary N) is 1. The number of methoxy groups -OCH3 is 1. The number of hydrogen-bond donors (Lipinski definition) is 1. The SMILES string of the molecule is CCC(C)C([C@@H](CC(=O)OC(C)(C)C)OC)N(C)C(=O)CN. The minimum atomic E-state index is -0.541. The molecular weight excluding hydrogens is 284 g/mol. The summed E-state index contributed by atoms with van der Waals surface area (Å²) in [7, 11) is 3.25. The molecule has 0 aromatic rings. The zero-order valence-corrected chi connectivity index (χ0v) is 15.0. The molecule has 0 aliphatic rings. The number of carbonyl (C=O) groups is 2. The molecule has 0 spiro atoms.